The Bertz CT molecular complexity index is 1110. The van der Waals surface area contributed by atoms with Crippen LogP contribution in [0.5, 0.6) is 0 Å². The summed E-state index contributed by atoms with van der Waals surface area (Å²) in [6.07, 6.45) is 5.39. The smallest absolute Gasteiger partial charge is 0.322 e. The predicted molar refractivity (Wildman–Crippen MR) is 113 cm³/mol. The van der Waals surface area contributed by atoms with Crippen LogP contribution in [0.25, 0.3) is 5.65 Å². The highest BCUT2D eigenvalue weighted by Crippen LogP contribution is 2.41. The Hall–Kier alpha value is -3.16. The summed E-state index contributed by atoms with van der Waals surface area (Å²) < 4.78 is 15.6. The van der Waals surface area contributed by atoms with E-state index in [-0.39, 0.29) is 17.4 Å². The highest BCUT2D eigenvalue weighted by molar-refractivity contribution is 5.93. The number of amides is 2. The number of halogens is 1. The molecule has 2 saturated heterocycles. The minimum absolute atomic E-state index is 0.124. The number of hydrogen-bond donors (Lipinski definition) is 1. The summed E-state index contributed by atoms with van der Waals surface area (Å²) in [5.74, 6) is 1.10. The van der Waals surface area contributed by atoms with E-state index in [9.17, 15) is 9.18 Å². The van der Waals surface area contributed by atoms with Gasteiger partial charge in [0, 0.05) is 25.8 Å². The van der Waals surface area contributed by atoms with Gasteiger partial charge in [-0.05, 0) is 49.4 Å². The third-order valence-corrected chi connectivity index (χ3v) is 6.31. The van der Waals surface area contributed by atoms with Crippen molar-refractivity contribution in [2.75, 3.05) is 29.9 Å². The van der Waals surface area contributed by atoms with Crippen LogP contribution in [-0.4, -0.2) is 45.2 Å². The van der Waals surface area contributed by atoms with Gasteiger partial charge in [-0.3, -0.25) is 0 Å². The van der Waals surface area contributed by atoms with Crippen molar-refractivity contribution in [2.24, 2.45) is 5.92 Å². The molecule has 1 unspecified atom stereocenters. The first-order valence-corrected chi connectivity index (χ1v) is 10.4. The minimum Gasteiger partial charge on any atom is -0.347 e. The lowest BCUT2D eigenvalue weighted by Gasteiger charge is -2.37. The number of fused-ring (bicyclic) bond motifs is 1. The summed E-state index contributed by atoms with van der Waals surface area (Å²) in [7, 11) is 0. The quantitative estimate of drug-likeness (QED) is 0.715. The number of nitrogens with one attached hydrogen (secondary N) is 1. The molecule has 2 fully saturated rings. The number of urea groups is 1. The van der Waals surface area contributed by atoms with Crippen LogP contribution in [-0.2, 0) is 5.54 Å². The monoisotopic (exact) mass is 408 g/mol. The topological polar surface area (TPSA) is 65.8 Å². The Morgan fingerprint density at radius 2 is 2.13 bits per heavy atom. The Morgan fingerprint density at radius 1 is 1.30 bits per heavy atom. The van der Waals surface area contributed by atoms with Gasteiger partial charge in [0.05, 0.1) is 11.7 Å². The summed E-state index contributed by atoms with van der Waals surface area (Å²) in [5, 5.41) is 7.25. The van der Waals surface area contributed by atoms with Crippen LogP contribution in [0, 0.1) is 11.7 Å². The molecule has 0 bridgehead atoms. The zero-order valence-corrected chi connectivity index (χ0v) is 17.2. The first kappa shape index (κ1) is 18.8. The summed E-state index contributed by atoms with van der Waals surface area (Å²) in [6, 6.07) is 8.60. The summed E-state index contributed by atoms with van der Waals surface area (Å²) >= 11 is 0. The van der Waals surface area contributed by atoms with Crippen LogP contribution in [0.2, 0.25) is 0 Å². The number of carbonyl (C=O) groups excluding carboxylic acids is 1. The number of nitrogens with zero attached hydrogens (tertiary/aromatic N) is 5. The number of benzene rings is 1. The van der Waals surface area contributed by atoms with Crippen molar-refractivity contribution in [3.8, 4) is 0 Å². The molecule has 156 valence electrons. The lowest BCUT2D eigenvalue weighted by atomic mass is 9.89. The maximum atomic E-state index is 13.9. The molecule has 3 aromatic rings. The first-order chi connectivity index (χ1) is 14.4. The molecule has 5 rings (SSSR count). The van der Waals surface area contributed by atoms with Gasteiger partial charge in [-0.1, -0.05) is 19.1 Å². The van der Waals surface area contributed by atoms with E-state index in [2.05, 4.69) is 29.2 Å². The fraction of sp³-hybridized carbons (Fsp3) is 0.409. The second-order valence-corrected chi connectivity index (χ2v) is 8.59. The van der Waals surface area contributed by atoms with Crippen LogP contribution in [0.4, 0.5) is 20.7 Å². The number of hydrogen-bond acceptors (Lipinski definition) is 4. The fourth-order valence-corrected chi connectivity index (χ4v) is 4.61. The molecule has 0 saturated carbocycles. The van der Waals surface area contributed by atoms with Crippen molar-refractivity contribution < 1.29 is 9.18 Å². The standard InChI is InChI=1S/C22H25FN6O/c1-15-13-27(14-15)21(30)25-18-12-24-29-10-7-19(26-20(18)29)28-9-4-8-22(28,2)16-5-3-6-17(23)11-16/h3,5-7,10-12,15H,4,8-9,13-14H2,1-2H3,(H,25,30). The van der Waals surface area contributed by atoms with Gasteiger partial charge in [-0.2, -0.15) is 5.10 Å². The minimum atomic E-state index is -0.343. The first-order valence-electron chi connectivity index (χ1n) is 10.4. The van der Waals surface area contributed by atoms with E-state index in [1.54, 1.807) is 27.7 Å². The van der Waals surface area contributed by atoms with Crippen molar-refractivity contribution in [2.45, 2.75) is 32.2 Å². The summed E-state index contributed by atoms with van der Waals surface area (Å²) in [4.78, 5) is 21.3. The molecular formula is C22H25FN6O. The van der Waals surface area contributed by atoms with Gasteiger partial charge in [0.1, 0.15) is 17.3 Å². The van der Waals surface area contributed by atoms with Crippen LogP contribution < -0.4 is 10.2 Å². The van der Waals surface area contributed by atoms with Crippen molar-refractivity contribution in [3.63, 3.8) is 0 Å². The van der Waals surface area contributed by atoms with E-state index in [0.717, 1.165) is 43.9 Å². The molecule has 8 heteroatoms. The van der Waals surface area contributed by atoms with Gasteiger partial charge >= 0.3 is 6.03 Å². The number of rotatable bonds is 3. The molecule has 2 aromatic heterocycles. The Labute approximate surface area is 174 Å². The SMILES string of the molecule is CC1CN(C(=O)Nc2cnn3ccc(N4CCCC4(C)c4cccc(F)c4)nc23)C1. The Morgan fingerprint density at radius 3 is 2.90 bits per heavy atom. The molecule has 2 aliphatic heterocycles. The second-order valence-electron chi connectivity index (χ2n) is 8.59. The van der Waals surface area contributed by atoms with Gasteiger partial charge in [-0.25, -0.2) is 18.7 Å². The number of likely N-dealkylation sites (tertiary alicyclic amines) is 1. The second kappa shape index (κ2) is 6.97. The lowest BCUT2D eigenvalue weighted by molar-refractivity contribution is 0.141. The summed E-state index contributed by atoms with van der Waals surface area (Å²) in [5.41, 5.74) is 1.79. The lowest BCUT2D eigenvalue weighted by Crippen LogP contribution is -2.50. The van der Waals surface area contributed by atoms with Crippen LogP contribution >= 0.6 is 0 Å². The zero-order valence-electron chi connectivity index (χ0n) is 17.2. The van der Waals surface area contributed by atoms with Gasteiger partial charge in [0.15, 0.2) is 5.65 Å². The molecule has 0 aliphatic carbocycles. The largest absolute Gasteiger partial charge is 0.347 e. The van der Waals surface area contributed by atoms with Gasteiger partial charge in [0.25, 0.3) is 0 Å². The maximum absolute atomic E-state index is 13.9. The molecule has 7 nitrogen and oxygen atoms in total. The third-order valence-electron chi connectivity index (χ3n) is 6.31. The van der Waals surface area contributed by atoms with E-state index in [0.29, 0.717) is 17.3 Å². The molecule has 0 radical (unpaired) electrons. The molecule has 2 amide bonds. The highest BCUT2D eigenvalue weighted by Gasteiger charge is 2.39. The molecular weight excluding hydrogens is 383 g/mol. The Balaban J connectivity index is 1.46. The number of aromatic nitrogens is 3. The third kappa shape index (κ3) is 3.07. The van der Waals surface area contributed by atoms with Crippen LogP contribution in [0.15, 0.2) is 42.7 Å². The zero-order chi connectivity index (χ0) is 20.9. The number of carbonyl (C=O) groups is 1. The van der Waals surface area contributed by atoms with Crippen molar-refractivity contribution in [1.82, 2.24) is 19.5 Å². The summed E-state index contributed by atoms with van der Waals surface area (Å²) in [6.45, 7) is 6.62. The van der Waals surface area contributed by atoms with E-state index in [4.69, 9.17) is 4.98 Å². The molecule has 1 N–H and O–H groups in total. The van der Waals surface area contributed by atoms with E-state index < -0.39 is 0 Å². The Kier molecular flexibility index (Phi) is 4.38. The average molecular weight is 408 g/mol. The molecule has 1 atom stereocenters. The van der Waals surface area contributed by atoms with Crippen molar-refractivity contribution in [3.05, 3.63) is 54.1 Å². The van der Waals surface area contributed by atoms with Gasteiger partial charge < -0.3 is 15.1 Å². The highest BCUT2D eigenvalue weighted by atomic mass is 19.1. The van der Waals surface area contributed by atoms with Crippen molar-refractivity contribution >= 4 is 23.2 Å². The van der Waals surface area contributed by atoms with Crippen LogP contribution in [0.1, 0.15) is 32.3 Å². The average Bonchev–Trinajstić information content (AvgIpc) is 3.29. The van der Waals surface area contributed by atoms with Gasteiger partial charge in [0.2, 0.25) is 0 Å². The molecule has 30 heavy (non-hydrogen) atoms. The van der Waals surface area contributed by atoms with E-state index >= 15 is 0 Å². The van der Waals surface area contributed by atoms with Crippen molar-refractivity contribution in [1.29, 1.82) is 0 Å². The molecule has 0 spiro atoms. The molecule has 2 aliphatic rings. The predicted octanol–water partition coefficient (Wildman–Crippen LogP) is 3.87. The maximum Gasteiger partial charge on any atom is 0.322 e. The molecule has 4 heterocycles. The van der Waals surface area contributed by atoms with Crippen LogP contribution in [0.3, 0.4) is 0 Å². The van der Waals surface area contributed by atoms with E-state index in [1.807, 2.05) is 18.3 Å². The number of anilines is 2. The molecule has 1 aromatic carbocycles. The fourth-order valence-electron chi connectivity index (χ4n) is 4.61. The normalized spacial score (nSPS) is 21.8. The van der Waals surface area contributed by atoms with E-state index in [1.165, 1.54) is 6.07 Å². The van der Waals surface area contributed by atoms with Gasteiger partial charge in [-0.15, -0.1) is 0 Å².